The zero-order valence-corrected chi connectivity index (χ0v) is 9.74. The standard InChI is InChI=1S/C11H6F10/c12-7(13)8(14,6-4-2-1-3-5-6)9(15,16)10(17,18)11(19,20)21/h1-5,7H. The molecule has 0 bridgehead atoms. The second kappa shape index (κ2) is 5.06. The molecule has 0 amide bonds. The van der Waals surface area contributed by atoms with Crippen molar-refractivity contribution in [2.24, 2.45) is 0 Å². The topological polar surface area (TPSA) is 0 Å². The van der Waals surface area contributed by atoms with E-state index in [9.17, 15) is 43.9 Å². The third kappa shape index (κ3) is 2.44. The van der Waals surface area contributed by atoms with Crippen LogP contribution in [0, 0.1) is 0 Å². The van der Waals surface area contributed by atoms with E-state index in [2.05, 4.69) is 0 Å². The molecule has 0 aliphatic rings. The van der Waals surface area contributed by atoms with E-state index in [0.717, 1.165) is 18.2 Å². The summed E-state index contributed by atoms with van der Waals surface area (Å²) in [7, 11) is 0. The lowest BCUT2D eigenvalue weighted by Gasteiger charge is -2.38. The van der Waals surface area contributed by atoms with Crippen LogP contribution in [0.5, 0.6) is 0 Å². The number of benzene rings is 1. The highest BCUT2D eigenvalue weighted by Gasteiger charge is 2.83. The van der Waals surface area contributed by atoms with Gasteiger partial charge in [-0.15, -0.1) is 0 Å². The van der Waals surface area contributed by atoms with E-state index in [4.69, 9.17) is 0 Å². The van der Waals surface area contributed by atoms with Crippen LogP contribution >= 0.6 is 0 Å². The van der Waals surface area contributed by atoms with E-state index in [1.54, 1.807) is 0 Å². The summed E-state index contributed by atoms with van der Waals surface area (Å²) in [6.45, 7) is 0. The average molecular weight is 328 g/mol. The van der Waals surface area contributed by atoms with Gasteiger partial charge in [0.25, 0.3) is 12.1 Å². The normalized spacial score (nSPS) is 16.9. The Balaban J connectivity index is 3.55. The number of hydrogen-bond donors (Lipinski definition) is 0. The van der Waals surface area contributed by atoms with Gasteiger partial charge in [-0.2, -0.15) is 30.7 Å². The number of alkyl halides is 10. The van der Waals surface area contributed by atoms with Crippen molar-refractivity contribution in [2.45, 2.75) is 30.1 Å². The molecule has 0 aromatic heterocycles. The summed E-state index contributed by atoms with van der Waals surface area (Å²) >= 11 is 0. The Bertz CT molecular complexity index is 478. The third-order valence-electron chi connectivity index (χ3n) is 2.70. The van der Waals surface area contributed by atoms with Gasteiger partial charge in [-0.05, 0) is 0 Å². The van der Waals surface area contributed by atoms with E-state index < -0.39 is 35.7 Å². The van der Waals surface area contributed by atoms with Gasteiger partial charge >= 0.3 is 18.0 Å². The number of halogens is 10. The van der Waals surface area contributed by atoms with Gasteiger partial charge in [0.2, 0.25) is 0 Å². The lowest BCUT2D eigenvalue weighted by atomic mass is 9.85. The van der Waals surface area contributed by atoms with Crippen molar-refractivity contribution in [3.05, 3.63) is 35.9 Å². The van der Waals surface area contributed by atoms with Gasteiger partial charge < -0.3 is 0 Å². The third-order valence-corrected chi connectivity index (χ3v) is 2.70. The second-order valence-electron chi connectivity index (χ2n) is 4.03. The molecule has 0 aliphatic heterocycles. The van der Waals surface area contributed by atoms with Gasteiger partial charge in [-0.3, -0.25) is 0 Å². The molecule has 0 fully saturated rings. The summed E-state index contributed by atoms with van der Waals surface area (Å²) in [5.41, 5.74) is -7.19. The molecule has 0 saturated carbocycles. The average Bonchev–Trinajstić information content (AvgIpc) is 2.36. The van der Waals surface area contributed by atoms with Crippen molar-refractivity contribution in [1.29, 1.82) is 0 Å². The SMILES string of the molecule is FC(F)C(F)(c1ccccc1)C(F)(F)C(F)(F)C(F)(F)F. The quantitative estimate of drug-likeness (QED) is 0.686. The fourth-order valence-corrected chi connectivity index (χ4v) is 1.53. The first-order valence-corrected chi connectivity index (χ1v) is 5.15. The summed E-state index contributed by atoms with van der Waals surface area (Å²) in [6.07, 6.45) is -11.7. The van der Waals surface area contributed by atoms with Gasteiger partial charge in [0.1, 0.15) is 0 Å². The Labute approximate surface area is 111 Å². The van der Waals surface area contributed by atoms with Gasteiger partial charge in [0, 0.05) is 5.56 Å². The molecule has 0 saturated heterocycles. The van der Waals surface area contributed by atoms with Crippen LogP contribution in [-0.2, 0) is 5.67 Å². The smallest absolute Gasteiger partial charge is 0.225 e. The van der Waals surface area contributed by atoms with Crippen molar-refractivity contribution in [3.8, 4) is 0 Å². The molecule has 0 heterocycles. The van der Waals surface area contributed by atoms with Gasteiger partial charge in [-0.1, -0.05) is 30.3 Å². The lowest BCUT2D eigenvalue weighted by Crippen LogP contribution is -2.63. The highest BCUT2D eigenvalue weighted by molar-refractivity contribution is 5.28. The Morgan fingerprint density at radius 1 is 0.667 bits per heavy atom. The molecule has 1 aromatic carbocycles. The second-order valence-corrected chi connectivity index (χ2v) is 4.03. The predicted molar refractivity (Wildman–Crippen MR) is 51.2 cm³/mol. The Morgan fingerprint density at radius 3 is 1.43 bits per heavy atom. The van der Waals surface area contributed by atoms with Crippen LogP contribution in [0.15, 0.2) is 30.3 Å². The first-order chi connectivity index (χ1) is 9.30. The van der Waals surface area contributed by atoms with Gasteiger partial charge in [0.15, 0.2) is 0 Å². The molecule has 21 heavy (non-hydrogen) atoms. The lowest BCUT2D eigenvalue weighted by molar-refractivity contribution is -0.392. The molecule has 120 valence electrons. The van der Waals surface area contributed by atoms with Crippen molar-refractivity contribution >= 4 is 0 Å². The highest BCUT2D eigenvalue weighted by atomic mass is 19.4. The van der Waals surface area contributed by atoms with E-state index in [1.165, 1.54) is 0 Å². The maximum Gasteiger partial charge on any atom is 0.460 e. The number of hydrogen-bond acceptors (Lipinski definition) is 0. The Hall–Kier alpha value is -1.48. The van der Waals surface area contributed by atoms with Crippen LogP contribution in [0.2, 0.25) is 0 Å². The van der Waals surface area contributed by atoms with Crippen LogP contribution in [0.25, 0.3) is 0 Å². The molecule has 1 unspecified atom stereocenters. The summed E-state index contributed by atoms with van der Waals surface area (Å²) in [5, 5.41) is 0. The van der Waals surface area contributed by atoms with Gasteiger partial charge in [0.05, 0.1) is 0 Å². The molecule has 0 N–H and O–H groups in total. The molecule has 1 aromatic rings. The molecule has 10 heteroatoms. The largest absolute Gasteiger partial charge is 0.460 e. The number of rotatable bonds is 4. The molecule has 0 nitrogen and oxygen atoms in total. The first-order valence-electron chi connectivity index (χ1n) is 5.15. The molecule has 0 spiro atoms. The van der Waals surface area contributed by atoms with Crippen LogP contribution in [0.1, 0.15) is 5.56 Å². The minimum atomic E-state index is -6.99. The molecule has 1 atom stereocenters. The summed E-state index contributed by atoms with van der Waals surface area (Å²) in [5.74, 6) is -13.7. The minimum absolute atomic E-state index is 0.270. The highest BCUT2D eigenvalue weighted by Crippen LogP contribution is 2.57. The molecular weight excluding hydrogens is 322 g/mol. The molecular formula is C11H6F10. The zero-order valence-electron chi connectivity index (χ0n) is 9.74. The zero-order chi connectivity index (χ0) is 16.7. The first kappa shape index (κ1) is 17.6. The van der Waals surface area contributed by atoms with E-state index in [-0.39, 0.29) is 12.1 Å². The maximum atomic E-state index is 14.0. The van der Waals surface area contributed by atoms with Crippen LogP contribution in [0.3, 0.4) is 0 Å². The molecule has 0 aliphatic carbocycles. The van der Waals surface area contributed by atoms with Crippen molar-refractivity contribution < 1.29 is 43.9 Å². The predicted octanol–water partition coefficient (Wildman–Crippen LogP) is 4.95. The molecule has 1 rings (SSSR count). The van der Waals surface area contributed by atoms with Crippen LogP contribution in [-0.4, -0.2) is 24.4 Å². The fraction of sp³-hybridized carbons (Fsp3) is 0.455. The minimum Gasteiger partial charge on any atom is -0.225 e. The van der Waals surface area contributed by atoms with Crippen LogP contribution in [0.4, 0.5) is 43.9 Å². The Kier molecular flexibility index (Phi) is 4.23. The van der Waals surface area contributed by atoms with E-state index >= 15 is 0 Å². The summed E-state index contributed by atoms with van der Waals surface area (Å²) < 4.78 is 128. The van der Waals surface area contributed by atoms with Crippen LogP contribution < -0.4 is 0 Å². The van der Waals surface area contributed by atoms with Crippen molar-refractivity contribution in [3.63, 3.8) is 0 Å². The van der Waals surface area contributed by atoms with E-state index in [0.29, 0.717) is 0 Å². The summed E-state index contributed by atoms with van der Waals surface area (Å²) in [4.78, 5) is 0. The van der Waals surface area contributed by atoms with Gasteiger partial charge in [-0.25, -0.2) is 13.2 Å². The molecule has 0 radical (unpaired) electrons. The Morgan fingerprint density at radius 2 is 1.10 bits per heavy atom. The van der Waals surface area contributed by atoms with Crippen molar-refractivity contribution in [1.82, 2.24) is 0 Å². The monoisotopic (exact) mass is 328 g/mol. The maximum absolute atomic E-state index is 14.0. The fourth-order valence-electron chi connectivity index (χ4n) is 1.53. The van der Waals surface area contributed by atoms with Crippen molar-refractivity contribution in [2.75, 3.05) is 0 Å². The summed E-state index contributed by atoms with van der Waals surface area (Å²) in [6, 6.07) is 3.08. The van der Waals surface area contributed by atoms with E-state index in [1.807, 2.05) is 0 Å².